The SMILES string of the molecule is CCCCNS(=O)(=O)c1cc(C(=O)O)ccc1N[C@H](C)CC. The maximum atomic E-state index is 12.4. The van der Waals surface area contributed by atoms with Gasteiger partial charge in [0.15, 0.2) is 0 Å². The van der Waals surface area contributed by atoms with Crippen molar-refractivity contribution in [2.24, 2.45) is 0 Å². The molecule has 6 nitrogen and oxygen atoms in total. The molecule has 0 aliphatic heterocycles. The van der Waals surface area contributed by atoms with Crippen molar-refractivity contribution >= 4 is 21.7 Å². The van der Waals surface area contributed by atoms with Crippen LogP contribution in [0, 0.1) is 0 Å². The van der Waals surface area contributed by atoms with Gasteiger partial charge >= 0.3 is 5.97 Å². The Bertz CT molecular complexity index is 614. The number of sulfonamides is 1. The van der Waals surface area contributed by atoms with Crippen LogP contribution in [0.2, 0.25) is 0 Å². The molecular formula is C15H24N2O4S. The van der Waals surface area contributed by atoms with Crippen LogP contribution in [0.3, 0.4) is 0 Å². The maximum Gasteiger partial charge on any atom is 0.335 e. The summed E-state index contributed by atoms with van der Waals surface area (Å²) in [6.07, 6.45) is 2.42. The van der Waals surface area contributed by atoms with Gasteiger partial charge in [-0.1, -0.05) is 20.3 Å². The van der Waals surface area contributed by atoms with Gasteiger partial charge in [-0.25, -0.2) is 17.9 Å². The maximum absolute atomic E-state index is 12.4. The van der Waals surface area contributed by atoms with Crippen LogP contribution in [0.4, 0.5) is 5.69 Å². The lowest BCUT2D eigenvalue weighted by Crippen LogP contribution is -2.27. The lowest BCUT2D eigenvalue weighted by molar-refractivity contribution is 0.0696. The minimum atomic E-state index is -3.75. The zero-order valence-corrected chi connectivity index (χ0v) is 14.0. The molecule has 0 saturated heterocycles. The molecule has 1 aromatic carbocycles. The van der Waals surface area contributed by atoms with Crippen molar-refractivity contribution in [3.8, 4) is 0 Å². The van der Waals surface area contributed by atoms with E-state index >= 15 is 0 Å². The summed E-state index contributed by atoms with van der Waals surface area (Å²) in [7, 11) is -3.75. The predicted octanol–water partition coefficient (Wildman–Crippen LogP) is 2.67. The van der Waals surface area contributed by atoms with E-state index in [9.17, 15) is 13.2 Å². The summed E-state index contributed by atoms with van der Waals surface area (Å²) in [5, 5.41) is 12.2. The highest BCUT2D eigenvalue weighted by Gasteiger charge is 2.21. The van der Waals surface area contributed by atoms with E-state index < -0.39 is 16.0 Å². The second-order valence-corrected chi connectivity index (χ2v) is 6.96. The highest BCUT2D eigenvalue weighted by molar-refractivity contribution is 7.89. The Morgan fingerprint density at radius 1 is 1.32 bits per heavy atom. The number of hydrogen-bond acceptors (Lipinski definition) is 4. The number of carboxylic acids is 1. The molecular weight excluding hydrogens is 304 g/mol. The molecule has 0 aliphatic rings. The molecule has 0 aliphatic carbocycles. The molecule has 124 valence electrons. The lowest BCUT2D eigenvalue weighted by Gasteiger charge is -2.17. The molecule has 0 radical (unpaired) electrons. The van der Waals surface area contributed by atoms with E-state index in [2.05, 4.69) is 10.0 Å². The quantitative estimate of drug-likeness (QED) is 0.606. The van der Waals surface area contributed by atoms with Crippen molar-refractivity contribution in [2.75, 3.05) is 11.9 Å². The smallest absolute Gasteiger partial charge is 0.335 e. The van der Waals surface area contributed by atoms with Crippen LogP contribution < -0.4 is 10.0 Å². The van der Waals surface area contributed by atoms with Crippen LogP contribution in [-0.4, -0.2) is 32.1 Å². The van der Waals surface area contributed by atoms with E-state index in [4.69, 9.17) is 5.11 Å². The highest BCUT2D eigenvalue weighted by Crippen LogP contribution is 2.24. The van der Waals surface area contributed by atoms with Gasteiger partial charge in [-0.15, -0.1) is 0 Å². The van der Waals surface area contributed by atoms with Gasteiger partial charge in [0, 0.05) is 12.6 Å². The minimum absolute atomic E-state index is 0.0243. The third kappa shape index (κ3) is 4.99. The second kappa shape index (κ2) is 8.14. The summed E-state index contributed by atoms with van der Waals surface area (Å²) in [6.45, 7) is 6.22. The first-order valence-corrected chi connectivity index (χ1v) is 8.93. The molecule has 1 atom stereocenters. The number of benzene rings is 1. The Kier molecular flexibility index (Phi) is 6.83. The molecule has 3 N–H and O–H groups in total. The van der Waals surface area contributed by atoms with Gasteiger partial charge in [-0.2, -0.15) is 0 Å². The molecule has 7 heteroatoms. The largest absolute Gasteiger partial charge is 0.478 e. The minimum Gasteiger partial charge on any atom is -0.478 e. The molecule has 1 rings (SSSR count). The number of unbranched alkanes of at least 4 members (excludes halogenated alkanes) is 1. The summed E-state index contributed by atoms with van der Waals surface area (Å²) < 4.78 is 27.4. The van der Waals surface area contributed by atoms with Crippen LogP contribution >= 0.6 is 0 Å². The highest BCUT2D eigenvalue weighted by atomic mass is 32.2. The average molecular weight is 328 g/mol. The van der Waals surface area contributed by atoms with E-state index in [1.165, 1.54) is 18.2 Å². The topological polar surface area (TPSA) is 95.5 Å². The van der Waals surface area contributed by atoms with Gasteiger partial charge in [0.25, 0.3) is 0 Å². The van der Waals surface area contributed by atoms with E-state index in [0.29, 0.717) is 12.2 Å². The predicted molar refractivity (Wildman–Crippen MR) is 86.9 cm³/mol. The van der Waals surface area contributed by atoms with Crippen molar-refractivity contribution < 1.29 is 18.3 Å². The van der Waals surface area contributed by atoms with Gasteiger partial charge < -0.3 is 10.4 Å². The molecule has 0 fully saturated rings. The average Bonchev–Trinajstić information content (AvgIpc) is 2.47. The zero-order chi connectivity index (χ0) is 16.8. The van der Waals surface area contributed by atoms with E-state index in [0.717, 1.165) is 19.3 Å². The van der Waals surface area contributed by atoms with E-state index in [-0.39, 0.29) is 16.5 Å². The van der Waals surface area contributed by atoms with Gasteiger partial charge in [0.1, 0.15) is 4.90 Å². The van der Waals surface area contributed by atoms with Gasteiger partial charge in [-0.3, -0.25) is 0 Å². The number of nitrogens with one attached hydrogen (secondary N) is 2. The van der Waals surface area contributed by atoms with Crippen LogP contribution in [0.1, 0.15) is 50.4 Å². The third-order valence-electron chi connectivity index (χ3n) is 3.35. The molecule has 0 heterocycles. The summed E-state index contributed by atoms with van der Waals surface area (Å²) >= 11 is 0. The first kappa shape index (κ1) is 18.4. The van der Waals surface area contributed by atoms with Gasteiger partial charge in [0.05, 0.1) is 11.3 Å². The molecule has 0 unspecified atom stereocenters. The molecule has 1 aromatic rings. The van der Waals surface area contributed by atoms with E-state index in [1.54, 1.807) is 0 Å². The fraction of sp³-hybridized carbons (Fsp3) is 0.533. The fourth-order valence-corrected chi connectivity index (χ4v) is 3.09. The monoisotopic (exact) mass is 328 g/mol. The Balaban J connectivity index is 3.21. The molecule has 0 amide bonds. The van der Waals surface area contributed by atoms with Crippen LogP contribution in [0.25, 0.3) is 0 Å². The number of aromatic carboxylic acids is 1. The van der Waals surface area contributed by atoms with Crippen LogP contribution in [-0.2, 0) is 10.0 Å². The van der Waals surface area contributed by atoms with E-state index in [1.807, 2.05) is 20.8 Å². The summed E-state index contributed by atoms with van der Waals surface area (Å²) in [4.78, 5) is 11.1. The first-order chi connectivity index (χ1) is 10.3. The Morgan fingerprint density at radius 3 is 2.55 bits per heavy atom. The number of carbonyl (C=O) groups is 1. The summed E-state index contributed by atoms with van der Waals surface area (Å²) in [5.74, 6) is -1.15. The normalized spacial score (nSPS) is 12.9. The zero-order valence-electron chi connectivity index (χ0n) is 13.2. The molecule has 0 spiro atoms. The lowest BCUT2D eigenvalue weighted by atomic mass is 10.2. The van der Waals surface area contributed by atoms with Crippen molar-refractivity contribution in [3.63, 3.8) is 0 Å². The molecule has 0 bridgehead atoms. The number of rotatable bonds is 9. The first-order valence-electron chi connectivity index (χ1n) is 7.45. The Hall–Kier alpha value is -1.60. The third-order valence-corrected chi connectivity index (χ3v) is 4.86. The van der Waals surface area contributed by atoms with Crippen LogP contribution in [0.5, 0.6) is 0 Å². The van der Waals surface area contributed by atoms with Crippen molar-refractivity contribution in [1.29, 1.82) is 0 Å². The van der Waals surface area contributed by atoms with Crippen LogP contribution in [0.15, 0.2) is 23.1 Å². The van der Waals surface area contributed by atoms with Crippen molar-refractivity contribution in [2.45, 2.75) is 51.0 Å². The number of anilines is 1. The number of carboxylic acid groups (broad SMARTS) is 1. The van der Waals surface area contributed by atoms with Crippen molar-refractivity contribution in [1.82, 2.24) is 4.72 Å². The number of hydrogen-bond donors (Lipinski definition) is 3. The standard InChI is InChI=1S/C15H24N2O4S/c1-4-6-9-16-22(20,21)14-10-12(15(18)19)7-8-13(14)17-11(3)5-2/h7-8,10-11,16-17H,4-6,9H2,1-3H3,(H,18,19)/t11-/m1/s1. The van der Waals surface area contributed by atoms with Gasteiger partial charge in [0.2, 0.25) is 10.0 Å². The second-order valence-electron chi connectivity index (χ2n) is 5.22. The molecule has 0 saturated carbocycles. The Labute approximate surface area is 132 Å². The molecule has 22 heavy (non-hydrogen) atoms. The molecule has 0 aromatic heterocycles. The summed E-state index contributed by atoms with van der Waals surface area (Å²) in [6, 6.07) is 4.18. The summed E-state index contributed by atoms with van der Waals surface area (Å²) in [5.41, 5.74) is 0.369. The Morgan fingerprint density at radius 2 is 2.00 bits per heavy atom. The fourth-order valence-electron chi connectivity index (χ4n) is 1.83. The van der Waals surface area contributed by atoms with Crippen molar-refractivity contribution in [3.05, 3.63) is 23.8 Å². The van der Waals surface area contributed by atoms with Gasteiger partial charge in [-0.05, 0) is 38.0 Å².